The van der Waals surface area contributed by atoms with Crippen LogP contribution in [0.4, 0.5) is 0 Å². The molecule has 2 heterocycles. The molecule has 0 amide bonds. The highest BCUT2D eigenvalue weighted by molar-refractivity contribution is 6.31. The molecule has 1 fully saturated rings. The molecule has 0 radical (unpaired) electrons. The van der Waals surface area contributed by atoms with Crippen molar-refractivity contribution in [2.24, 2.45) is 5.92 Å². The molecule has 0 spiro atoms. The molecule has 8 heteroatoms. The number of benzene rings is 2. The van der Waals surface area contributed by atoms with Crippen LogP contribution in [0, 0.1) is 5.92 Å². The van der Waals surface area contributed by atoms with Crippen molar-refractivity contribution in [3.8, 4) is 5.75 Å². The van der Waals surface area contributed by atoms with Crippen LogP contribution in [0.2, 0.25) is 5.02 Å². The Hall–Kier alpha value is -3.13. The lowest BCUT2D eigenvalue weighted by Gasteiger charge is -2.35. The number of halogens is 1. The molecule has 1 aliphatic rings. The fourth-order valence-corrected chi connectivity index (χ4v) is 3.57. The monoisotopic (exact) mass is 428 g/mol. The number of para-hydroxylation sites is 1. The molecule has 4 rings (SSSR count). The molecule has 0 bridgehead atoms. The van der Waals surface area contributed by atoms with Crippen molar-refractivity contribution in [2.75, 3.05) is 6.61 Å². The van der Waals surface area contributed by atoms with Gasteiger partial charge in [0, 0.05) is 22.6 Å². The maximum absolute atomic E-state index is 13.0. The Morgan fingerprint density at radius 3 is 2.73 bits per heavy atom. The van der Waals surface area contributed by atoms with Crippen LogP contribution in [-0.4, -0.2) is 22.8 Å². The molecule has 2 aromatic carbocycles. The number of phenols is 1. The third-order valence-corrected chi connectivity index (χ3v) is 5.08. The van der Waals surface area contributed by atoms with Gasteiger partial charge < -0.3 is 24.1 Å². The van der Waals surface area contributed by atoms with Crippen molar-refractivity contribution >= 4 is 28.5 Å². The Morgan fingerprint density at radius 1 is 1.17 bits per heavy atom. The summed E-state index contributed by atoms with van der Waals surface area (Å²) < 4.78 is 17.3. The highest BCUT2D eigenvalue weighted by Crippen LogP contribution is 2.41. The highest BCUT2D eigenvalue weighted by Gasteiger charge is 2.35. The van der Waals surface area contributed by atoms with E-state index in [2.05, 4.69) is 0 Å². The van der Waals surface area contributed by atoms with Gasteiger partial charge in [0.2, 0.25) is 5.43 Å². The summed E-state index contributed by atoms with van der Waals surface area (Å²) in [4.78, 5) is 23.9. The Balaban J connectivity index is 1.73. The number of aliphatic carboxylic acids is 1. The third-order valence-electron chi connectivity index (χ3n) is 4.84. The van der Waals surface area contributed by atoms with Gasteiger partial charge in [-0.15, -0.1) is 0 Å². The first-order valence-electron chi connectivity index (χ1n) is 9.11. The zero-order chi connectivity index (χ0) is 21.3. The van der Waals surface area contributed by atoms with Crippen molar-refractivity contribution in [3.05, 3.63) is 87.3 Å². The van der Waals surface area contributed by atoms with Crippen molar-refractivity contribution in [1.29, 1.82) is 0 Å². The van der Waals surface area contributed by atoms with Crippen LogP contribution >= 0.6 is 11.6 Å². The summed E-state index contributed by atoms with van der Waals surface area (Å²) in [5.74, 6) is -1.61. The second-order valence-electron chi connectivity index (χ2n) is 6.80. The third kappa shape index (κ3) is 3.95. The van der Waals surface area contributed by atoms with Crippen LogP contribution < -0.4 is 5.43 Å². The molecule has 1 saturated heterocycles. The summed E-state index contributed by atoms with van der Waals surface area (Å²) in [6, 6.07) is 11.3. The molecule has 2 N–H and O–H groups in total. The van der Waals surface area contributed by atoms with Gasteiger partial charge in [-0.05, 0) is 24.3 Å². The van der Waals surface area contributed by atoms with Gasteiger partial charge >= 0.3 is 5.97 Å². The first-order chi connectivity index (χ1) is 14.4. The number of rotatable bonds is 4. The van der Waals surface area contributed by atoms with E-state index in [1.165, 1.54) is 24.5 Å². The lowest BCUT2D eigenvalue weighted by atomic mass is 9.93. The zero-order valence-electron chi connectivity index (χ0n) is 15.5. The standard InChI is InChI=1S/C22H17ClO7/c23-13-6-7-18-15(9-13)20(27)16(11-28-18)22-29-10-12(5-8-19(25)26)21(30-22)14-3-1-2-4-17(14)24/h1-9,11-12,21-22,24H,10H2,(H,25,26)/b8-5+/t12-,21+,22?/m1/s1. The van der Waals surface area contributed by atoms with E-state index in [4.69, 9.17) is 30.6 Å². The zero-order valence-corrected chi connectivity index (χ0v) is 16.3. The topological polar surface area (TPSA) is 106 Å². The molecule has 7 nitrogen and oxygen atoms in total. The number of hydrogen-bond donors (Lipinski definition) is 2. The Bertz CT molecular complexity index is 1180. The van der Waals surface area contributed by atoms with E-state index < -0.39 is 24.3 Å². The van der Waals surface area contributed by atoms with Gasteiger partial charge in [0.15, 0.2) is 6.29 Å². The molecule has 1 aromatic heterocycles. The van der Waals surface area contributed by atoms with Crippen molar-refractivity contribution in [3.63, 3.8) is 0 Å². The first-order valence-corrected chi connectivity index (χ1v) is 9.49. The minimum absolute atomic E-state index is 0.00537. The summed E-state index contributed by atoms with van der Waals surface area (Å²) >= 11 is 6.00. The van der Waals surface area contributed by atoms with Crippen molar-refractivity contribution < 1.29 is 28.9 Å². The van der Waals surface area contributed by atoms with Crippen LogP contribution in [0.1, 0.15) is 23.5 Å². The van der Waals surface area contributed by atoms with E-state index in [0.717, 1.165) is 6.08 Å². The summed E-state index contributed by atoms with van der Waals surface area (Å²) in [5, 5.41) is 19.9. The molecule has 30 heavy (non-hydrogen) atoms. The Labute approximate surface area is 175 Å². The molecule has 154 valence electrons. The van der Waals surface area contributed by atoms with E-state index in [0.29, 0.717) is 21.6 Å². The van der Waals surface area contributed by atoms with Gasteiger partial charge in [0.1, 0.15) is 17.6 Å². The van der Waals surface area contributed by atoms with Gasteiger partial charge in [-0.25, -0.2) is 4.79 Å². The van der Waals surface area contributed by atoms with Crippen LogP contribution in [-0.2, 0) is 14.3 Å². The van der Waals surface area contributed by atoms with E-state index >= 15 is 0 Å². The predicted octanol–water partition coefficient (Wildman–Crippen LogP) is 4.20. The fourth-order valence-electron chi connectivity index (χ4n) is 3.40. The van der Waals surface area contributed by atoms with E-state index in [1.54, 1.807) is 30.3 Å². The van der Waals surface area contributed by atoms with Gasteiger partial charge in [-0.2, -0.15) is 0 Å². The van der Waals surface area contributed by atoms with Crippen LogP contribution in [0.15, 0.2) is 70.1 Å². The van der Waals surface area contributed by atoms with Gasteiger partial charge in [-0.3, -0.25) is 4.79 Å². The summed E-state index contributed by atoms with van der Waals surface area (Å²) in [5.41, 5.74) is 0.632. The maximum Gasteiger partial charge on any atom is 0.327 e. The van der Waals surface area contributed by atoms with Gasteiger partial charge in [0.25, 0.3) is 0 Å². The van der Waals surface area contributed by atoms with Gasteiger partial charge in [0.05, 0.1) is 23.7 Å². The largest absolute Gasteiger partial charge is 0.508 e. The molecular weight excluding hydrogens is 412 g/mol. The molecule has 3 atom stereocenters. The predicted molar refractivity (Wildman–Crippen MR) is 108 cm³/mol. The first kappa shape index (κ1) is 20.2. The molecule has 0 aliphatic carbocycles. The molecule has 3 aromatic rings. The van der Waals surface area contributed by atoms with E-state index in [1.807, 2.05) is 0 Å². The van der Waals surface area contributed by atoms with Gasteiger partial charge in [-0.1, -0.05) is 35.9 Å². The number of carboxylic acid groups (broad SMARTS) is 1. The minimum atomic E-state index is -1.11. The number of fused-ring (bicyclic) bond motifs is 1. The molecule has 1 aliphatic heterocycles. The average molecular weight is 429 g/mol. The SMILES string of the molecule is O=C(O)/C=C/[C@@H]1COC(c2coc3ccc(Cl)cc3c2=O)O[C@@H]1c1ccccc1O. The Kier molecular flexibility index (Phi) is 5.59. The summed E-state index contributed by atoms with van der Waals surface area (Å²) in [6.45, 7) is 0.0699. The minimum Gasteiger partial charge on any atom is -0.508 e. The number of carbonyl (C=O) groups is 1. The number of hydrogen-bond acceptors (Lipinski definition) is 6. The molecule has 1 unspecified atom stereocenters. The maximum atomic E-state index is 13.0. The normalized spacial score (nSPS) is 21.8. The Morgan fingerprint density at radius 2 is 1.97 bits per heavy atom. The average Bonchev–Trinajstić information content (AvgIpc) is 2.73. The van der Waals surface area contributed by atoms with Crippen LogP contribution in [0.25, 0.3) is 11.0 Å². The quantitative estimate of drug-likeness (QED) is 0.600. The number of ether oxygens (including phenoxy) is 2. The van der Waals surface area contributed by atoms with Crippen molar-refractivity contribution in [1.82, 2.24) is 0 Å². The van der Waals surface area contributed by atoms with E-state index in [-0.39, 0.29) is 23.3 Å². The number of carboxylic acids is 1. The molecule has 0 saturated carbocycles. The van der Waals surface area contributed by atoms with Crippen molar-refractivity contribution in [2.45, 2.75) is 12.4 Å². The second kappa shape index (κ2) is 8.31. The molecular formula is C22H17ClO7. The van der Waals surface area contributed by atoms with Crippen LogP contribution in [0.3, 0.4) is 0 Å². The lowest BCUT2D eigenvalue weighted by molar-refractivity contribution is -0.237. The lowest BCUT2D eigenvalue weighted by Crippen LogP contribution is -2.32. The highest BCUT2D eigenvalue weighted by atomic mass is 35.5. The van der Waals surface area contributed by atoms with E-state index in [9.17, 15) is 14.7 Å². The number of phenolic OH excluding ortho intramolecular Hbond substituents is 1. The summed E-state index contributed by atoms with van der Waals surface area (Å²) in [6.07, 6.45) is 1.91. The summed E-state index contributed by atoms with van der Waals surface area (Å²) in [7, 11) is 0. The van der Waals surface area contributed by atoms with Crippen LogP contribution in [0.5, 0.6) is 5.75 Å². The second-order valence-corrected chi connectivity index (χ2v) is 7.24. The number of aromatic hydroxyl groups is 1. The smallest absolute Gasteiger partial charge is 0.327 e. The fraction of sp³-hybridized carbons (Fsp3) is 0.182.